The van der Waals surface area contributed by atoms with E-state index in [1.807, 2.05) is 19.1 Å². The summed E-state index contributed by atoms with van der Waals surface area (Å²) < 4.78 is 38.5. The van der Waals surface area contributed by atoms with Gasteiger partial charge in [0.25, 0.3) is 0 Å². The van der Waals surface area contributed by atoms with Crippen molar-refractivity contribution in [3.63, 3.8) is 0 Å². The molecule has 0 aliphatic rings. The van der Waals surface area contributed by atoms with Crippen LogP contribution in [0.5, 0.6) is 17.2 Å². The fraction of sp³-hybridized carbons (Fsp3) is 0.588. The molecular formula is C17H30IN3O5S. The van der Waals surface area contributed by atoms with Crippen LogP contribution in [0.15, 0.2) is 17.1 Å². The van der Waals surface area contributed by atoms with Crippen molar-refractivity contribution in [2.75, 3.05) is 40.4 Å². The molecule has 156 valence electrons. The van der Waals surface area contributed by atoms with Crippen molar-refractivity contribution in [3.8, 4) is 17.2 Å². The van der Waals surface area contributed by atoms with E-state index in [-0.39, 0.29) is 35.8 Å². The first-order valence-corrected chi connectivity index (χ1v) is 10.2. The van der Waals surface area contributed by atoms with E-state index in [9.17, 15) is 8.42 Å². The highest BCUT2D eigenvalue weighted by atomic mass is 127. The molecule has 0 spiro atoms. The fourth-order valence-electron chi connectivity index (χ4n) is 2.31. The van der Waals surface area contributed by atoms with Gasteiger partial charge >= 0.3 is 0 Å². The van der Waals surface area contributed by atoms with Gasteiger partial charge < -0.3 is 24.8 Å². The van der Waals surface area contributed by atoms with Crippen molar-refractivity contribution in [3.05, 3.63) is 17.7 Å². The monoisotopic (exact) mass is 515 g/mol. The molecule has 1 atom stereocenters. The number of ether oxygens (including phenoxy) is 3. The SMILES string of the molecule is CN=C(NCc1cc(OC)c(OC)c(OC)c1)NC(C)CCS(C)(=O)=O.I. The lowest BCUT2D eigenvalue weighted by atomic mass is 10.2. The van der Waals surface area contributed by atoms with E-state index < -0.39 is 9.84 Å². The molecular weight excluding hydrogens is 485 g/mol. The van der Waals surface area contributed by atoms with Gasteiger partial charge in [0.05, 0.1) is 27.1 Å². The molecule has 0 fully saturated rings. The summed E-state index contributed by atoms with van der Waals surface area (Å²) in [5.41, 5.74) is 0.922. The number of aliphatic imine (C=N–C) groups is 1. The molecule has 1 aromatic rings. The minimum Gasteiger partial charge on any atom is -0.493 e. The van der Waals surface area contributed by atoms with Gasteiger partial charge in [-0.25, -0.2) is 8.42 Å². The summed E-state index contributed by atoms with van der Waals surface area (Å²) in [5.74, 6) is 2.40. The van der Waals surface area contributed by atoms with Crippen molar-refractivity contribution in [1.29, 1.82) is 0 Å². The third-order valence-corrected chi connectivity index (χ3v) is 4.69. The minimum absolute atomic E-state index is 0. The molecule has 10 heteroatoms. The van der Waals surface area contributed by atoms with Crippen molar-refractivity contribution in [2.24, 2.45) is 4.99 Å². The zero-order valence-corrected chi connectivity index (χ0v) is 19.8. The number of nitrogens with zero attached hydrogens (tertiary/aromatic N) is 1. The Bertz CT molecular complexity index is 700. The molecule has 0 saturated heterocycles. The summed E-state index contributed by atoms with van der Waals surface area (Å²) in [6.45, 7) is 2.40. The highest BCUT2D eigenvalue weighted by Crippen LogP contribution is 2.38. The molecule has 1 rings (SSSR count). The average molecular weight is 515 g/mol. The van der Waals surface area contributed by atoms with Crippen molar-refractivity contribution < 1.29 is 22.6 Å². The maximum atomic E-state index is 11.3. The molecule has 0 saturated carbocycles. The highest BCUT2D eigenvalue weighted by molar-refractivity contribution is 14.0. The lowest BCUT2D eigenvalue weighted by molar-refractivity contribution is 0.323. The molecule has 0 radical (unpaired) electrons. The van der Waals surface area contributed by atoms with Gasteiger partial charge in [0.15, 0.2) is 17.5 Å². The Labute approximate surface area is 179 Å². The van der Waals surface area contributed by atoms with Crippen LogP contribution in [0.25, 0.3) is 0 Å². The Morgan fingerprint density at radius 3 is 2.11 bits per heavy atom. The van der Waals surface area contributed by atoms with Gasteiger partial charge in [-0.15, -0.1) is 24.0 Å². The zero-order chi connectivity index (χ0) is 19.7. The van der Waals surface area contributed by atoms with E-state index in [0.29, 0.717) is 36.2 Å². The number of hydrogen-bond acceptors (Lipinski definition) is 6. The fourth-order valence-corrected chi connectivity index (χ4v) is 3.10. The topological polar surface area (TPSA) is 98.2 Å². The number of guanidine groups is 1. The number of methoxy groups -OCH3 is 3. The Balaban J connectivity index is 0.00000676. The van der Waals surface area contributed by atoms with Crippen molar-refractivity contribution >= 4 is 39.8 Å². The van der Waals surface area contributed by atoms with Crippen molar-refractivity contribution in [1.82, 2.24) is 10.6 Å². The second kappa shape index (κ2) is 12.1. The smallest absolute Gasteiger partial charge is 0.203 e. The minimum atomic E-state index is -2.98. The van der Waals surface area contributed by atoms with E-state index in [0.717, 1.165) is 5.56 Å². The lowest BCUT2D eigenvalue weighted by Gasteiger charge is -2.18. The molecule has 8 nitrogen and oxygen atoms in total. The van der Waals surface area contributed by atoms with Gasteiger partial charge in [0, 0.05) is 25.9 Å². The van der Waals surface area contributed by atoms with E-state index in [1.54, 1.807) is 28.4 Å². The third-order valence-electron chi connectivity index (χ3n) is 3.71. The van der Waals surface area contributed by atoms with Crippen LogP contribution in [0.1, 0.15) is 18.9 Å². The standard InChI is InChI=1S/C17H29N3O5S.HI/c1-12(7-8-26(6,21)22)20-17(18-2)19-11-13-9-14(23-3)16(25-5)15(10-13)24-4;/h9-10,12H,7-8,11H2,1-6H3,(H2,18,19,20);1H. The molecule has 0 aromatic heterocycles. The van der Waals surface area contributed by atoms with Crippen LogP contribution in [0.2, 0.25) is 0 Å². The maximum absolute atomic E-state index is 11.3. The van der Waals surface area contributed by atoms with Crippen LogP contribution in [0.4, 0.5) is 0 Å². The van der Waals surface area contributed by atoms with Crippen LogP contribution in [-0.4, -0.2) is 60.8 Å². The molecule has 27 heavy (non-hydrogen) atoms. The second-order valence-corrected chi connectivity index (χ2v) is 8.18. The summed E-state index contributed by atoms with van der Waals surface area (Å²) in [5, 5.41) is 6.37. The van der Waals surface area contributed by atoms with Gasteiger partial charge in [-0.1, -0.05) is 0 Å². The summed E-state index contributed by atoms with van der Waals surface area (Å²) in [4.78, 5) is 4.16. The average Bonchev–Trinajstić information content (AvgIpc) is 2.61. The summed E-state index contributed by atoms with van der Waals surface area (Å²) >= 11 is 0. The predicted molar refractivity (Wildman–Crippen MR) is 119 cm³/mol. The summed E-state index contributed by atoms with van der Waals surface area (Å²) in [7, 11) is 3.37. The van der Waals surface area contributed by atoms with Crippen molar-refractivity contribution in [2.45, 2.75) is 25.9 Å². The summed E-state index contributed by atoms with van der Waals surface area (Å²) in [6.07, 6.45) is 1.74. The van der Waals surface area contributed by atoms with Crippen LogP contribution < -0.4 is 24.8 Å². The van der Waals surface area contributed by atoms with Gasteiger partial charge in [-0.05, 0) is 31.0 Å². The quantitative estimate of drug-likeness (QED) is 0.294. The highest BCUT2D eigenvalue weighted by Gasteiger charge is 2.14. The van der Waals surface area contributed by atoms with Gasteiger partial charge in [0.2, 0.25) is 5.75 Å². The largest absolute Gasteiger partial charge is 0.493 e. The molecule has 0 heterocycles. The maximum Gasteiger partial charge on any atom is 0.203 e. The lowest BCUT2D eigenvalue weighted by Crippen LogP contribution is -2.42. The number of rotatable bonds is 9. The van der Waals surface area contributed by atoms with E-state index in [2.05, 4.69) is 15.6 Å². The molecule has 1 aromatic carbocycles. The number of hydrogen-bond donors (Lipinski definition) is 2. The Hall–Kier alpha value is -1.43. The number of sulfone groups is 1. The van der Waals surface area contributed by atoms with Crippen LogP contribution >= 0.6 is 24.0 Å². The molecule has 0 amide bonds. The Kier molecular flexibility index (Phi) is 11.5. The van der Waals surface area contributed by atoms with Gasteiger partial charge in [-0.3, -0.25) is 4.99 Å². The molecule has 0 aliphatic carbocycles. The Morgan fingerprint density at radius 2 is 1.70 bits per heavy atom. The molecule has 1 unspecified atom stereocenters. The van der Waals surface area contributed by atoms with E-state index >= 15 is 0 Å². The zero-order valence-electron chi connectivity index (χ0n) is 16.7. The number of benzene rings is 1. The molecule has 2 N–H and O–H groups in total. The van der Waals surface area contributed by atoms with E-state index in [1.165, 1.54) is 6.26 Å². The first-order chi connectivity index (χ1) is 12.2. The third kappa shape index (κ3) is 8.87. The number of halogens is 1. The van der Waals surface area contributed by atoms with Crippen LogP contribution in [0, 0.1) is 0 Å². The van der Waals surface area contributed by atoms with E-state index in [4.69, 9.17) is 14.2 Å². The van der Waals surface area contributed by atoms with Crippen LogP contribution in [0.3, 0.4) is 0 Å². The summed E-state index contributed by atoms with van der Waals surface area (Å²) in [6, 6.07) is 3.68. The van der Waals surface area contributed by atoms with Gasteiger partial charge in [0.1, 0.15) is 9.84 Å². The van der Waals surface area contributed by atoms with Crippen LogP contribution in [-0.2, 0) is 16.4 Å². The first-order valence-electron chi connectivity index (χ1n) is 8.17. The van der Waals surface area contributed by atoms with Gasteiger partial charge in [-0.2, -0.15) is 0 Å². The second-order valence-electron chi connectivity index (χ2n) is 5.92. The molecule has 0 bridgehead atoms. The molecule has 0 aliphatic heterocycles. The number of nitrogens with one attached hydrogen (secondary N) is 2. The Morgan fingerprint density at radius 1 is 1.15 bits per heavy atom. The predicted octanol–water partition coefficient (Wildman–Crippen LogP) is 1.82. The first kappa shape index (κ1) is 25.6. The normalized spacial score (nSPS) is 12.6.